The Morgan fingerprint density at radius 3 is 2.56 bits per heavy atom. The topological polar surface area (TPSA) is 117 Å². The van der Waals surface area contributed by atoms with Gasteiger partial charge in [0.2, 0.25) is 5.95 Å². The lowest BCUT2D eigenvalue weighted by Gasteiger charge is -2.26. The highest BCUT2D eigenvalue weighted by Crippen LogP contribution is 2.28. The molecule has 1 saturated carbocycles. The number of nitrogens with one attached hydrogen (secondary N) is 3. The van der Waals surface area contributed by atoms with Crippen molar-refractivity contribution >= 4 is 51.8 Å². The third-order valence-electron chi connectivity index (χ3n) is 6.56. The summed E-state index contributed by atoms with van der Waals surface area (Å²) in [6.07, 6.45) is 4.78. The summed E-state index contributed by atoms with van der Waals surface area (Å²) >= 11 is 5.90. The lowest BCUT2D eigenvalue weighted by molar-refractivity contribution is -0.111. The van der Waals surface area contributed by atoms with Crippen molar-refractivity contribution in [2.24, 2.45) is 0 Å². The number of imidazole rings is 1. The second kappa shape index (κ2) is 11.7. The zero-order valence-electron chi connectivity index (χ0n) is 21.8. The van der Waals surface area contributed by atoms with Crippen molar-refractivity contribution in [3.05, 3.63) is 65.4 Å². The van der Waals surface area contributed by atoms with E-state index in [9.17, 15) is 9.90 Å². The van der Waals surface area contributed by atoms with Gasteiger partial charge in [0.15, 0.2) is 17.0 Å². The van der Waals surface area contributed by atoms with Crippen LogP contribution in [-0.4, -0.2) is 42.7 Å². The van der Waals surface area contributed by atoms with Crippen molar-refractivity contribution in [1.82, 2.24) is 19.5 Å². The average molecular weight is 544 g/mol. The van der Waals surface area contributed by atoms with E-state index in [-0.39, 0.29) is 18.2 Å². The molecule has 1 fully saturated rings. The van der Waals surface area contributed by atoms with E-state index in [4.69, 9.17) is 21.6 Å². The summed E-state index contributed by atoms with van der Waals surface area (Å²) in [5.74, 6) is 6.08. The summed E-state index contributed by atoms with van der Waals surface area (Å²) in [5, 5.41) is 20.1. The third kappa shape index (κ3) is 6.66. The fourth-order valence-corrected chi connectivity index (χ4v) is 4.61. The molecule has 10 heteroatoms. The molecule has 0 atom stereocenters. The lowest BCUT2D eigenvalue weighted by atomic mass is 9.93. The maximum Gasteiger partial charge on any atom is 0.300 e. The maximum absolute atomic E-state index is 12.4. The van der Waals surface area contributed by atoms with Crippen LogP contribution in [0.1, 0.15) is 51.1 Å². The number of amides is 1. The van der Waals surface area contributed by atoms with E-state index in [0.717, 1.165) is 37.0 Å². The molecule has 2 aromatic heterocycles. The number of aliphatic hydroxyl groups excluding tert-OH is 1. The van der Waals surface area contributed by atoms with Crippen LogP contribution in [0.4, 0.5) is 23.1 Å². The van der Waals surface area contributed by atoms with Crippen molar-refractivity contribution in [3.63, 3.8) is 0 Å². The zero-order valence-corrected chi connectivity index (χ0v) is 22.5. The predicted octanol–water partition coefficient (Wildman–Crippen LogP) is 5.51. The van der Waals surface area contributed by atoms with Crippen molar-refractivity contribution in [2.45, 2.75) is 57.7 Å². The number of hydrogen-bond donors (Lipinski definition) is 4. The van der Waals surface area contributed by atoms with Crippen molar-refractivity contribution in [3.8, 4) is 11.8 Å². The molecule has 39 heavy (non-hydrogen) atoms. The normalized spacial score (nSPS) is 16.9. The van der Waals surface area contributed by atoms with Crippen LogP contribution in [-0.2, 0) is 4.79 Å². The molecular weight excluding hydrogens is 514 g/mol. The van der Waals surface area contributed by atoms with Crippen LogP contribution >= 0.6 is 11.6 Å². The van der Waals surface area contributed by atoms with Crippen LogP contribution in [0.25, 0.3) is 11.2 Å². The Hall–Kier alpha value is -4.13. The fourth-order valence-electron chi connectivity index (χ4n) is 4.48. The molecule has 0 aliphatic heterocycles. The van der Waals surface area contributed by atoms with Crippen molar-refractivity contribution in [1.29, 1.82) is 0 Å². The number of carbonyl (C=O) groups excluding carboxylic acids is 1. The van der Waals surface area contributed by atoms with Crippen LogP contribution in [0.2, 0.25) is 5.02 Å². The van der Waals surface area contributed by atoms with Crippen LogP contribution in [0, 0.1) is 11.8 Å². The Labute approximate surface area is 232 Å². The summed E-state index contributed by atoms with van der Waals surface area (Å²) in [4.78, 5) is 26.5. The number of anilines is 4. The van der Waals surface area contributed by atoms with Gasteiger partial charge in [-0.05, 0) is 82.0 Å². The van der Waals surface area contributed by atoms with Crippen molar-refractivity contribution < 1.29 is 9.90 Å². The SMILES string of the molecule is CC(C)n1cnc2c(Nc3cccc(NC(=O)C#Cc4ccc(Cl)cc4)c3)nc(NC3CCC(O)CC3)nc21. The first-order valence-electron chi connectivity index (χ1n) is 13.0. The summed E-state index contributed by atoms with van der Waals surface area (Å²) < 4.78 is 2.01. The molecular formula is C29H30ClN7O2. The Bertz CT molecular complexity index is 1530. The second-order valence-corrected chi connectivity index (χ2v) is 10.3. The molecule has 4 aromatic rings. The Morgan fingerprint density at radius 1 is 1.08 bits per heavy atom. The minimum absolute atomic E-state index is 0.169. The molecule has 0 bridgehead atoms. The number of aromatic nitrogens is 4. The monoisotopic (exact) mass is 543 g/mol. The number of aliphatic hydroxyl groups is 1. The zero-order chi connectivity index (χ0) is 27.4. The van der Waals surface area contributed by atoms with Gasteiger partial charge in [0.05, 0.1) is 12.4 Å². The number of hydrogen-bond acceptors (Lipinski definition) is 7. The number of rotatable bonds is 6. The summed E-state index contributed by atoms with van der Waals surface area (Å²) in [6.45, 7) is 4.15. The Morgan fingerprint density at radius 2 is 1.82 bits per heavy atom. The minimum atomic E-state index is -0.425. The van der Waals surface area contributed by atoms with Gasteiger partial charge in [-0.2, -0.15) is 9.97 Å². The molecule has 2 heterocycles. The van der Waals surface area contributed by atoms with Gasteiger partial charge < -0.3 is 25.6 Å². The Kier molecular flexibility index (Phi) is 7.96. The fraction of sp³-hybridized carbons (Fsp3) is 0.310. The molecule has 9 nitrogen and oxygen atoms in total. The van der Waals surface area contributed by atoms with Crippen LogP contribution in [0.15, 0.2) is 54.9 Å². The van der Waals surface area contributed by atoms with Gasteiger partial charge in [-0.3, -0.25) is 4.79 Å². The molecule has 0 radical (unpaired) electrons. The van der Waals surface area contributed by atoms with Gasteiger partial charge in [0.25, 0.3) is 0 Å². The van der Waals surface area contributed by atoms with Crippen LogP contribution < -0.4 is 16.0 Å². The molecule has 4 N–H and O–H groups in total. The van der Waals surface area contributed by atoms with Crippen LogP contribution in [0.3, 0.4) is 0 Å². The largest absolute Gasteiger partial charge is 0.393 e. The molecule has 5 rings (SSSR count). The molecule has 2 aromatic carbocycles. The predicted molar refractivity (Wildman–Crippen MR) is 154 cm³/mol. The molecule has 200 valence electrons. The molecule has 1 aliphatic rings. The van der Waals surface area contributed by atoms with E-state index < -0.39 is 5.91 Å². The van der Waals surface area contributed by atoms with Crippen LogP contribution in [0.5, 0.6) is 0 Å². The number of fused-ring (bicyclic) bond motifs is 1. The first-order valence-corrected chi connectivity index (χ1v) is 13.4. The van der Waals surface area contributed by atoms with Gasteiger partial charge in [-0.15, -0.1) is 0 Å². The highest BCUT2D eigenvalue weighted by atomic mass is 35.5. The number of halogens is 1. The van der Waals surface area contributed by atoms with E-state index in [1.807, 2.05) is 22.8 Å². The molecule has 0 saturated heterocycles. The first-order chi connectivity index (χ1) is 18.8. The van der Waals surface area contributed by atoms with E-state index in [1.54, 1.807) is 36.7 Å². The highest BCUT2D eigenvalue weighted by Gasteiger charge is 2.22. The van der Waals surface area contributed by atoms with E-state index >= 15 is 0 Å². The first kappa shape index (κ1) is 26.5. The average Bonchev–Trinajstić information content (AvgIpc) is 3.35. The van der Waals surface area contributed by atoms with Crippen molar-refractivity contribution in [2.75, 3.05) is 16.0 Å². The molecule has 1 amide bonds. The molecule has 0 spiro atoms. The van der Waals surface area contributed by atoms with Gasteiger partial charge in [0, 0.05) is 40.0 Å². The van der Waals surface area contributed by atoms with Gasteiger partial charge in [0.1, 0.15) is 0 Å². The lowest BCUT2D eigenvalue weighted by Crippen LogP contribution is -2.29. The summed E-state index contributed by atoms with van der Waals surface area (Å²) in [6, 6.07) is 14.7. The minimum Gasteiger partial charge on any atom is -0.393 e. The highest BCUT2D eigenvalue weighted by molar-refractivity contribution is 6.30. The number of nitrogens with zero attached hydrogens (tertiary/aromatic N) is 4. The van der Waals surface area contributed by atoms with E-state index in [0.29, 0.717) is 33.6 Å². The quantitative estimate of drug-likeness (QED) is 0.237. The second-order valence-electron chi connectivity index (χ2n) is 9.88. The van der Waals surface area contributed by atoms with E-state index in [1.165, 1.54) is 0 Å². The number of carbonyl (C=O) groups is 1. The maximum atomic E-state index is 12.4. The van der Waals surface area contributed by atoms with Gasteiger partial charge >= 0.3 is 5.91 Å². The molecule has 1 aliphatic carbocycles. The number of benzene rings is 2. The smallest absolute Gasteiger partial charge is 0.300 e. The summed E-state index contributed by atoms with van der Waals surface area (Å²) in [5.41, 5.74) is 3.39. The van der Waals surface area contributed by atoms with Gasteiger partial charge in [-0.25, -0.2) is 4.98 Å². The standard InChI is InChI=1S/C29H30ClN7O2/c1-18(2)37-17-31-26-27(35-29(36-28(26)37)34-21-11-13-24(38)14-12-21)33-23-5-3-4-22(16-23)32-25(39)15-8-19-6-9-20(30)10-7-19/h3-7,9-10,16-18,21,24,38H,11-14H2,1-2H3,(H,32,39)(H2,33,34,35,36). The summed E-state index contributed by atoms with van der Waals surface area (Å²) in [7, 11) is 0. The Balaban J connectivity index is 1.36. The van der Waals surface area contributed by atoms with E-state index in [2.05, 4.69) is 46.6 Å². The third-order valence-corrected chi connectivity index (χ3v) is 6.81. The van der Waals surface area contributed by atoms with Gasteiger partial charge in [-0.1, -0.05) is 23.6 Å². The molecule has 0 unspecified atom stereocenters.